The molecule has 4 nitrogen and oxygen atoms in total. The van der Waals surface area contributed by atoms with Gasteiger partial charge in [-0.05, 0) is 0 Å². The first-order chi connectivity index (χ1) is 6.70. The van der Waals surface area contributed by atoms with E-state index in [0.717, 1.165) is 0 Å². The topological polar surface area (TPSA) is 40.6 Å². The van der Waals surface area contributed by atoms with Gasteiger partial charge in [0.1, 0.15) is 0 Å². The van der Waals surface area contributed by atoms with E-state index in [2.05, 4.69) is 13.2 Å². The number of carbonyl (C=O) groups excluding carboxylic acids is 2. The lowest BCUT2D eigenvalue weighted by Gasteiger charge is -2.32. The van der Waals surface area contributed by atoms with Gasteiger partial charge >= 0.3 is 11.8 Å². The van der Waals surface area contributed by atoms with Crippen molar-refractivity contribution in [3.63, 3.8) is 0 Å². The van der Waals surface area contributed by atoms with Crippen molar-refractivity contribution in [2.24, 2.45) is 0 Å². The van der Waals surface area contributed by atoms with Crippen LogP contribution in [0, 0.1) is 0 Å². The highest BCUT2D eigenvalue weighted by Gasteiger charge is 2.30. The van der Waals surface area contributed by atoms with Gasteiger partial charge in [-0.1, -0.05) is 12.2 Å². The van der Waals surface area contributed by atoms with E-state index >= 15 is 0 Å². The average molecular weight is 194 g/mol. The first-order valence-electron chi connectivity index (χ1n) is 4.50. The Bertz CT molecular complexity index is 245. The van der Waals surface area contributed by atoms with Crippen LogP contribution in [0.15, 0.2) is 25.3 Å². The molecule has 0 atom stereocenters. The maximum absolute atomic E-state index is 11.5. The lowest BCUT2D eigenvalue weighted by molar-refractivity contribution is -0.155. The standard InChI is InChI=1S/C10H14N2O2/c1-3-5-11-7-8-12(6-4-2)10(14)9(11)13/h3-4H,1-2,5-8H2. The molecule has 1 heterocycles. The first-order valence-corrected chi connectivity index (χ1v) is 4.50. The molecule has 1 rings (SSSR count). The van der Waals surface area contributed by atoms with Crippen LogP contribution in [0.1, 0.15) is 0 Å². The summed E-state index contributed by atoms with van der Waals surface area (Å²) in [6.07, 6.45) is 3.24. The number of piperazine rings is 1. The summed E-state index contributed by atoms with van der Waals surface area (Å²) in [5, 5.41) is 0. The Kier molecular flexibility index (Phi) is 3.45. The maximum Gasteiger partial charge on any atom is 0.312 e. The van der Waals surface area contributed by atoms with Crippen LogP contribution in [0.5, 0.6) is 0 Å². The summed E-state index contributed by atoms with van der Waals surface area (Å²) in [5.41, 5.74) is 0. The van der Waals surface area contributed by atoms with Gasteiger partial charge in [0.05, 0.1) is 0 Å². The molecule has 2 amide bonds. The van der Waals surface area contributed by atoms with Crippen molar-refractivity contribution in [1.82, 2.24) is 9.80 Å². The van der Waals surface area contributed by atoms with Gasteiger partial charge in [0.15, 0.2) is 0 Å². The highest BCUT2D eigenvalue weighted by Crippen LogP contribution is 2.04. The van der Waals surface area contributed by atoms with Crippen LogP contribution in [-0.2, 0) is 9.59 Å². The summed E-state index contributed by atoms with van der Waals surface area (Å²) in [6.45, 7) is 9.09. The Hall–Kier alpha value is -1.58. The van der Waals surface area contributed by atoms with Crippen LogP contribution in [0.2, 0.25) is 0 Å². The predicted molar refractivity (Wildman–Crippen MR) is 53.6 cm³/mol. The van der Waals surface area contributed by atoms with Gasteiger partial charge in [-0.2, -0.15) is 0 Å². The third kappa shape index (κ3) is 2.02. The third-order valence-corrected chi connectivity index (χ3v) is 2.10. The second kappa shape index (κ2) is 4.60. The fourth-order valence-corrected chi connectivity index (χ4v) is 1.38. The largest absolute Gasteiger partial charge is 0.329 e. The Morgan fingerprint density at radius 2 is 1.36 bits per heavy atom. The number of amides is 2. The SMILES string of the molecule is C=CCN1CCN(CC=C)C(=O)C1=O. The third-order valence-electron chi connectivity index (χ3n) is 2.10. The zero-order valence-electron chi connectivity index (χ0n) is 8.11. The molecule has 0 aliphatic carbocycles. The second-order valence-corrected chi connectivity index (χ2v) is 3.08. The first kappa shape index (κ1) is 10.5. The summed E-state index contributed by atoms with van der Waals surface area (Å²) < 4.78 is 0. The lowest BCUT2D eigenvalue weighted by atomic mass is 10.3. The summed E-state index contributed by atoms with van der Waals surface area (Å²) >= 11 is 0. The summed E-state index contributed by atoms with van der Waals surface area (Å²) in [6, 6.07) is 0. The van der Waals surface area contributed by atoms with Gasteiger partial charge in [0.2, 0.25) is 0 Å². The Morgan fingerprint density at radius 3 is 1.64 bits per heavy atom. The fraction of sp³-hybridized carbons (Fsp3) is 0.400. The van der Waals surface area contributed by atoms with E-state index in [0.29, 0.717) is 26.2 Å². The highest BCUT2D eigenvalue weighted by molar-refractivity contribution is 6.35. The predicted octanol–water partition coefficient (Wildman–Crippen LogP) is 0.0292. The fourth-order valence-electron chi connectivity index (χ4n) is 1.38. The van der Waals surface area contributed by atoms with Crippen molar-refractivity contribution in [3.05, 3.63) is 25.3 Å². The van der Waals surface area contributed by atoms with Crippen molar-refractivity contribution in [1.29, 1.82) is 0 Å². The molecule has 1 aliphatic heterocycles. The minimum absolute atomic E-state index is 0.437. The molecule has 0 radical (unpaired) electrons. The number of hydrogen-bond donors (Lipinski definition) is 0. The summed E-state index contributed by atoms with van der Waals surface area (Å²) in [5.74, 6) is -0.893. The molecule has 0 aromatic carbocycles. The number of rotatable bonds is 4. The molecule has 1 fully saturated rings. The average Bonchev–Trinajstić information content (AvgIpc) is 2.18. The molecule has 0 N–H and O–H groups in total. The lowest BCUT2D eigenvalue weighted by Crippen LogP contribution is -2.54. The van der Waals surface area contributed by atoms with E-state index in [1.54, 1.807) is 12.2 Å². The monoisotopic (exact) mass is 194 g/mol. The quantitative estimate of drug-likeness (QED) is 0.468. The molecule has 0 unspecified atom stereocenters. The van der Waals surface area contributed by atoms with Crippen LogP contribution in [0.4, 0.5) is 0 Å². The molecule has 4 heteroatoms. The van der Waals surface area contributed by atoms with Crippen molar-refractivity contribution in [3.8, 4) is 0 Å². The van der Waals surface area contributed by atoms with Gasteiger partial charge in [-0.3, -0.25) is 9.59 Å². The van der Waals surface area contributed by atoms with E-state index in [4.69, 9.17) is 0 Å². The van der Waals surface area contributed by atoms with Gasteiger partial charge in [-0.25, -0.2) is 0 Å². The molecule has 0 saturated carbocycles. The molecule has 0 bridgehead atoms. The molecule has 1 saturated heterocycles. The molecule has 0 aromatic rings. The summed E-state index contributed by atoms with van der Waals surface area (Å²) in [4.78, 5) is 25.9. The zero-order valence-corrected chi connectivity index (χ0v) is 8.11. The van der Waals surface area contributed by atoms with Crippen LogP contribution >= 0.6 is 0 Å². The smallest absolute Gasteiger partial charge is 0.312 e. The van der Waals surface area contributed by atoms with Gasteiger partial charge < -0.3 is 9.80 Å². The Morgan fingerprint density at radius 1 is 1.00 bits per heavy atom. The maximum atomic E-state index is 11.5. The number of hydrogen-bond acceptors (Lipinski definition) is 2. The molecule has 76 valence electrons. The minimum Gasteiger partial charge on any atom is -0.329 e. The van der Waals surface area contributed by atoms with Crippen molar-refractivity contribution < 1.29 is 9.59 Å². The van der Waals surface area contributed by atoms with Crippen LogP contribution in [0.3, 0.4) is 0 Å². The summed E-state index contributed by atoms with van der Waals surface area (Å²) in [7, 11) is 0. The molecule has 0 aromatic heterocycles. The van der Waals surface area contributed by atoms with E-state index in [1.165, 1.54) is 9.80 Å². The molecule has 0 spiro atoms. The van der Waals surface area contributed by atoms with Crippen molar-refractivity contribution in [2.75, 3.05) is 26.2 Å². The van der Waals surface area contributed by atoms with Gasteiger partial charge in [0.25, 0.3) is 0 Å². The van der Waals surface area contributed by atoms with Crippen molar-refractivity contribution >= 4 is 11.8 Å². The van der Waals surface area contributed by atoms with Crippen LogP contribution in [-0.4, -0.2) is 47.8 Å². The molecular weight excluding hydrogens is 180 g/mol. The molecular formula is C10H14N2O2. The molecule has 1 aliphatic rings. The Labute approximate surface area is 83.5 Å². The Balaban J connectivity index is 2.64. The second-order valence-electron chi connectivity index (χ2n) is 3.08. The van der Waals surface area contributed by atoms with Gasteiger partial charge in [-0.15, -0.1) is 13.2 Å². The van der Waals surface area contributed by atoms with E-state index in [-0.39, 0.29) is 0 Å². The normalized spacial score (nSPS) is 17.1. The van der Waals surface area contributed by atoms with E-state index < -0.39 is 11.8 Å². The van der Waals surface area contributed by atoms with E-state index in [1.807, 2.05) is 0 Å². The van der Waals surface area contributed by atoms with Gasteiger partial charge in [0, 0.05) is 26.2 Å². The van der Waals surface area contributed by atoms with Crippen molar-refractivity contribution in [2.45, 2.75) is 0 Å². The van der Waals surface area contributed by atoms with E-state index in [9.17, 15) is 9.59 Å². The zero-order chi connectivity index (χ0) is 10.6. The molecule has 14 heavy (non-hydrogen) atoms. The van der Waals surface area contributed by atoms with Crippen LogP contribution < -0.4 is 0 Å². The van der Waals surface area contributed by atoms with Crippen LogP contribution in [0.25, 0.3) is 0 Å². The highest BCUT2D eigenvalue weighted by atomic mass is 16.2. The minimum atomic E-state index is -0.446. The number of carbonyl (C=O) groups is 2. The number of nitrogens with zero attached hydrogens (tertiary/aromatic N) is 2.